The van der Waals surface area contributed by atoms with Gasteiger partial charge < -0.3 is 4.74 Å². The van der Waals surface area contributed by atoms with Crippen LogP contribution in [0.4, 0.5) is 0 Å². The molecule has 4 nitrogen and oxygen atoms in total. The van der Waals surface area contributed by atoms with Crippen LogP contribution < -0.4 is 4.74 Å². The zero-order valence-corrected chi connectivity index (χ0v) is 9.36. The molecule has 0 saturated carbocycles. The summed E-state index contributed by atoms with van der Waals surface area (Å²) in [6.45, 7) is 6.37. The Morgan fingerprint density at radius 3 is 2.47 bits per heavy atom. The van der Waals surface area contributed by atoms with Gasteiger partial charge in [0.2, 0.25) is 0 Å². The minimum Gasteiger partial charge on any atom is -0.490 e. The largest absolute Gasteiger partial charge is 0.490 e. The van der Waals surface area contributed by atoms with Crippen LogP contribution in [0, 0.1) is 5.92 Å². The van der Waals surface area contributed by atoms with E-state index in [-0.39, 0.29) is 11.6 Å². The molecular formula is C11H16N2O2. The highest BCUT2D eigenvalue weighted by Crippen LogP contribution is 2.08. The number of nitrogens with zero attached hydrogens (tertiary/aromatic N) is 2. The first-order chi connectivity index (χ1) is 7.09. The number of hydrogen-bond donors (Lipinski definition) is 0. The van der Waals surface area contributed by atoms with Gasteiger partial charge in [-0.05, 0) is 12.3 Å². The Bertz CT molecular complexity index is 320. The first-order valence-corrected chi connectivity index (χ1v) is 5.05. The van der Waals surface area contributed by atoms with Gasteiger partial charge in [-0.25, -0.2) is 9.97 Å². The maximum atomic E-state index is 10.9. The lowest BCUT2D eigenvalue weighted by Crippen LogP contribution is -2.04. The zero-order chi connectivity index (χ0) is 11.3. The van der Waals surface area contributed by atoms with Gasteiger partial charge in [0.25, 0.3) is 0 Å². The second-order valence-corrected chi connectivity index (χ2v) is 3.83. The van der Waals surface area contributed by atoms with Crippen molar-refractivity contribution in [3.8, 4) is 5.75 Å². The number of aromatic nitrogens is 2. The standard InChI is InChI=1S/C11H16N2O2/c1-8(2)4-5-15-10-6-12-11(9(3)14)13-7-10/h6-8H,4-5H2,1-3H3. The molecule has 4 heteroatoms. The second-order valence-electron chi connectivity index (χ2n) is 3.83. The van der Waals surface area contributed by atoms with E-state index in [4.69, 9.17) is 4.74 Å². The van der Waals surface area contributed by atoms with Gasteiger partial charge in [0.1, 0.15) is 0 Å². The van der Waals surface area contributed by atoms with E-state index in [1.165, 1.54) is 19.3 Å². The molecule has 0 bridgehead atoms. The fraction of sp³-hybridized carbons (Fsp3) is 0.545. The van der Waals surface area contributed by atoms with Crippen molar-refractivity contribution in [3.63, 3.8) is 0 Å². The summed E-state index contributed by atoms with van der Waals surface area (Å²) in [6.07, 6.45) is 4.06. The summed E-state index contributed by atoms with van der Waals surface area (Å²) < 4.78 is 5.42. The molecule has 0 spiro atoms. The number of carbonyl (C=O) groups is 1. The molecule has 0 amide bonds. The van der Waals surface area contributed by atoms with E-state index in [9.17, 15) is 4.79 Å². The Morgan fingerprint density at radius 2 is 2.00 bits per heavy atom. The molecule has 1 heterocycles. The van der Waals surface area contributed by atoms with Gasteiger partial charge in [-0.3, -0.25) is 4.79 Å². The van der Waals surface area contributed by atoms with Crippen LogP contribution in [-0.4, -0.2) is 22.4 Å². The molecule has 0 aliphatic carbocycles. The summed E-state index contributed by atoms with van der Waals surface area (Å²) >= 11 is 0. The van der Waals surface area contributed by atoms with Crippen molar-refractivity contribution >= 4 is 5.78 Å². The van der Waals surface area contributed by atoms with E-state index in [0.29, 0.717) is 18.3 Å². The van der Waals surface area contributed by atoms with Crippen LogP contribution in [0.25, 0.3) is 0 Å². The summed E-state index contributed by atoms with van der Waals surface area (Å²) in [5.74, 6) is 1.32. The van der Waals surface area contributed by atoms with Crippen LogP contribution in [0.1, 0.15) is 37.8 Å². The Labute approximate surface area is 89.7 Å². The molecule has 0 aliphatic heterocycles. The second kappa shape index (κ2) is 5.44. The van der Waals surface area contributed by atoms with Crippen molar-refractivity contribution in [3.05, 3.63) is 18.2 Å². The summed E-state index contributed by atoms with van der Waals surface area (Å²) in [5, 5.41) is 0. The van der Waals surface area contributed by atoms with Gasteiger partial charge in [-0.1, -0.05) is 13.8 Å². The van der Waals surface area contributed by atoms with E-state index in [2.05, 4.69) is 23.8 Å². The quantitative estimate of drug-likeness (QED) is 0.695. The Hall–Kier alpha value is -1.45. The van der Waals surface area contributed by atoms with Crippen LogP contribution >= 0.6 is 0 Å². The third kappa shape index (κ3) is 4.06. The fourth-order valence-corrected chi connectivity index (χ4v) is 0.985. The highest BCUT2D eigenvalue weighted by atomic mass is 16.5. The van der Waals surface area contributed by atoms with Crippen LogP contribution in [0.5, 0.6) is 5.75 Å². The minimum atomic E-state index is -0.135. The Morgan fingerprint density at radius 1 is 1.40 bits per heavy atom. The minimum absolute atomic E-state index is 0.135. The highest BCUT2D eigenvalue weighted by molar-refractivity contribution is 5.90. The van der Waals surface area contributed by atoms with E-state index < -0.39 is 0 Å². The van der Waals surface area contributed by atoms with Gasteiger partial charge in [0, 0.05) is 6.92 Å². The Balaban J connectivity index is 2.46. The number of Topliss-reactive ketones (excluding diaryl/α,β-unsaturated/α-hetero) is 1. The zero-order valence-electron chi connectivity index (χ0n) is 9.36. The Kier molecular flexibility index (Phi) is 4.21. The van der Waals surface area contributed by atoms with Gasteiger partial charge >= 0.3 is 0 Å². The predicted octanol–water partition coefficient (Wildman–Crippen LogP) is 2.10. The summed E-state index contributed by atoms with van der Waals surface area (Å²) in [5.41, 5.74) is 0. The van der Waals surface area contributed by atoms with Crippen molar-refractivity contribution in [2.24, 2.45) is 5.92 Å². The summed E-state index contributed by atoms with van der Waals surface area (Å²) in [7, 11) is 0. The average molecular weight is 208 g/mol. The average Bonchev–Trinajstić information content (AvgIpc) is 2.18. The van der Waals surface area contributed by atoms with E-state index >= 15 is 0 Å². The molecule has 15 heavy (non-hydrogen) atoms. The van der Waals surface area contributed by atoms with Crippen molar-refractivity contribution < 1.29 is 9.53 Å². The lowest BCUT2D eigenvalue weighted by atomic mass is 10.1. The molecule has 1 aromatic rings. The number of ether oxygens (including phenoxy) is 1. The molecule has 0 saturated heterocycles. The molecule has 0 atom stereocenters. The molecule has 82 valence electrons. The number of carbonyl (C=O) groups excluding carboxylic acids is 1. The number of hydrogen-bond acceptors (Lipinski definition) is 4. The van der Waals surface area contributed by atoms with Crippen molar-refractivity contribution in [1.29, 1.82) is 0 Å². The lowest BCUT2D eigenvalue weighted by Gasteiger charge is -2.07. The molecular weight excluding hydrogens is 192 g/mol. The molecule has 0 radical (unpaired) electrons. The molecule has 0 aliphatic rings. The van der Waals surface area contributed by atoms with Gasteiger partial charge in [0.15, 0.2) is 17.4 Å². The molecule has 0 aromatic carbocycles. The monoisotopic (exact) mass is 208 g/mol. The third-order valence-corrected chi connectivity index (χ3v) is 1.91. The first kappa shape index (κ1) is 11.6. The molecule has 1 rings (SSSR count). The van der Waals surface area contributed by atoms with E-state index in [0.717, 1.165) is 6.42 Å². The van der Waals surface area contributed by atoms with Crippen molar-refractivity contribution in [2.45, 2.75) is 27.2 Å². The summed E-state index contributed by atoms with van der Waals surface area (Å²) in [4.78, 5) is 18.7. The van der Waals surface area contributed by atoms with Crippen molar-refractivity contribution in [1.82, 2.24) is 9.97 Å². The van der Waals surface area contributed by atoms with Crippen LogP contribution in [0.2, 0.25) is 0 Å². The first-order valence-electron chi connectivity index (χ1n) is 5.05. The van der Waals surface area contributed by atoms with E-state index in [1.54, 1.807) is 0 Å². The van der Waals surface area contributed by atoms with Gasteiger partial charge in [-0.15, -0.1) is 0 Å². The van der Waals surface area contributed by atoms with Gasteiger partial charge in [0.05, 0.1) is 19.0 Å². The molecule has 0 fully saturated rings. The molecule has 1 aromatic heterocycles. The fourth-order valence-electron chi connectivity index (χ4n) is 0.985. The molecule has 0 N–H and O–H groups in total. The van der Waals surface area contributed by atoms with E-state index in [1.807, 2.05) is 0 Å². The molecule has 0 unspecified atom stereocenters. The number of rotatable bonds is 5. The summed E-state index contributed by atoms with van der Waals surface area (Å²) in [6, 6.07) is 0. The van der Waals surface area contributed by atoms with Gasteiger partial charge in [-0.2, -0.15) is 0 Å². The van der Waals surface area contributed by atoms with Crippen molar-refractivity contribution in [2.75, 3.05) is 6.61 Å². The maximum Gasteiger partial charge on any atom is 0.196 e. The maximum absolute atomic E-state index is 10.9. The topological polar surface area (TPSA) is 52.1 Å². The van der Waals surface area contributed by atoms with Crippen LogP contribution in [-0.2, 0) is 0 Å². The number of ketones is 1. The highest BCUT2D eigenvalue weighted by Gasteiger charge is 2.03. The van der Waals surface area contributed by atoms with Crippen LogP contribution in [0.3, 0.4) is 0 Å². The smallest absolute Gasteiger partial charge is 0.196 e. The predicted molar refractivity (Wildman–Crippen MR) is 57.0 cm³/mol. The normalized spacial score (nSPS) is 10.4. The lowest BCUT2D eigenvalue weighted by molar-refractivity contribution is 0.100. The SMILES string of the molecule is CC(=O)c1ncc(OCCC(C)C)cn1. The van der Waals surface area contributed by atoms with Crippen LogP contribution in [0.15, 0.2) is 12.4 Å². The third-order valence-electron chi connectivity index (χ3n) is 1.91.